The Morgan fingerprint density at radius 3 is 2.07 bits per heavy atom. The highest BCUT2D eigenvalue weighted by molar-refractivity contribution is 5.91. The zero-order valence-electron chi connectivity index (χ0n) is 33.5. The van der Waals surface area contributed by atoms with Crippen molar-refractivity contribution in [1.29, 1.82) is 0 Å². The summed E-state index contributed by atoms with van der Waals surface area (Å²) in [5.74, 6) is 2.25. The van der Waals surface area contributed by atoms with Crippen molar-refractivity contribution < 1.29 is 4.74 Å². The van der Waals surface area contributed by atoms with E-state index in [2.05, 4.69) is 209 Å². The number of benzene rings is 6. The van der Waals surface area contributed by atoms with E-state index < -0.39 is 5.41 Å². The predicted octanol–water partition coefficient (Wildman–Crippen LogP) is 14.3. The summed E-state index contributed by atoms with van der Waals surface area (Å²) in [6.07, 6.45) is 19.3. The monoisotopic (exact) mass is 747 g/mol. The second-order valence-corrected chi connectivity index (χ2v) is 17.9. The Morgan fingerprint density at radius 2 is 1.22 bits per heavy atom. The van der Waals surface area contributed by atoms with Crippen LogP contribution in [0.3, 0.4) is 0 Å². The molecule has 3 unspecified atom stereocenters. The molecule has 0 radical (unpaired) electrons. The molecule has 0 N–H and O–H groups in total. The molecular weight excluding hydrogens is 703 g/mol. The summed E-state index contributed by atoms with van der Waals surface area (Å²) >= 11 is 0. The average Bonchev–Trinajstić information content (AvgIpc) is 3.61. The van der Waals surface area contributed by atoms with E-state index in [9.17, 15) is 0 Å². The van der Waals surface area contributed by atoms with Crippen molar-refractivity contribution >= 4 is 22.6 Å². The third-order valence-corrected chi connectivity index (χ3v) is 14.5. The van der Waals surface area contributed by atoms with Crippen molar-refractivity contribution in [3.8, 4) is 22.6 Å². The molecule has 1 spiro atoms. The number of allylic oxidation sites excluding steroid dienone is 10. The molecule has 0 saturated carbocycles. The van der Waals surface area contributed by atoms with Gasteiger partial charge in [-0.2, -0.15) is 0 Å². The molecule has 0 saturated heterocycles. The topological polar surface area (TPSA) is 12.5 Å². The van der Waals surface area contributed by atoms with Crippen molar-refractivity contribution in [3.05, 3.63) is 226 Å². The van der Waals surface area contributed by atoms with Gasteiger partial charge in [-0.05, 0) is 105 Å². The van der Waals surface area contributed by atoms with Crippen LogP contribution >= 0.6 is 0 Å². The van der Waals surface area contributed by atoms with Crippen molar-refractivity contribution in [1.82, 2.24) is 0 Å². The zero-order valence-corrected chi connectivity index (χ0v) is 33.5. The third-order valence-electron chi connectivity index (χ3n) is 14.5. The lowest BCUT2D eigenvalue weighted by atomic mass is 9.61. The lowest BCUT2D eigenvalue weighted by Crippen LogP contribution is -2.39. The van der Waals surface area contributed by atoms with Gasteiger partial charge in [0, 0.05) is 45.2 Å². The van der Waals surface area contributed by atoms with Crippen LogP contribution in [-0.2, 0) is 16.2 Å². The first kappa shape index (κ1) is 33.7. The molecule has 0 bridgehead atoms. The standard InChI is InChI=1S/C56H45NO/c1-54(2)43-21-7-5-6-17-37(43)41-31-29-35(33-48(41)54)57(36-30-32-42-38-18-8-11-22-44(38)55(3,4)49(42)34-36)50-26-16-28-52-53(50)56(47-25-14-15-27-51(47)58-52)45-23-12-9-19-39(45)40-20-10-13-24-46(40)56/h5-16,18-34,39,45H,17H2,1-4H3. The fourth-order valence-electron chi connectivity index (χ4n) is 11.9. The SMILES string of the molecule is CC1(C)C2=C(CC=CC=C2)c2ccc(N(c3ccc4c(c3)C(C)(C)c3ccccc3-4)c3cccc4c3C3(c5ccccc5O4)c4ccccc4C4C=CC=CC43)cc21. The van der Waals surface area contributed by atoms with Crippen LogP contribution in [0.1, 0.15) is 84.5 Å². The Labute approximate surface area is 341 Å². The Balaban J connectivity index is 1.15. The number of ether oxygens (including phenoxy) is 1. The van der Waals surface area contributed by atoms with Gasteiger partial charge in [-0.25, -0.2) is 0 Å². The molecule has 1 heterocycles. The maximum atomic E-state index is 7.06. The van der Waals surface area contributed by atoms with Gasteiger partial charge < -0.3 is 9.64 Å². The second kappa shape index (κ2) is 11.8. The van der Waals surface area contributed by atoms with Crippen LogP contribution in [0.15, 0.2) is 182 Å². The molecule has 58 heavy (non-hydrogen) atoms. The minimum absolute atomic E-state index is 0.146. The third kappa shape index (κ3) is 4.28. The summed E-state index contributed by atoms with van der Waals surface area (Å²) in [4.78, 5) is 2.56. The van der Waals surface area contributed by atoms with Gasteiger partial charge in [0.1, 0.15) is 11.5 Å². The largest absolute Gasteiger partial charge is 0.457 e. The van der Waals surface area contributed by atoms with E-state index in [0.717, 1.165) is 35.0 Å². The van der Waals surface area contributed by atoms with E-state index in [4.69, 9.17) is 4.74 Å². The quantitative estimate of drug-likeness (QED) is 0.179. The number of nitrogens with zero attached hydrogens (tertiary/aromatic N) is 1. The number of hydrogen-bond acceptors (Lipinski definition) is 2. The van der Waals surface area contributed by atoms with E-state index in [1.165, 1.54) is 66.8 Å². The van der Waals surface area contributed by atoms with Gasteiger partial charge in [0.2, 0.25) is 0 Å². The van der Waals surface area contributed by atoms with Crippen molar-refractivity contribution in [2.45, 2.75) is 56.3 Å². The minimum Gasteiger partial charge on any atom is -0.457 e. The lowest BCUT2D eigenvalue weighted by molar-refractivity contribution is 0.375. The maximum Gasteiger partial charge on any atom is 0.134 e. The van der Waals surface area contributed by atoms with Crippen LogP contribution in [-0.4, -0.2) is 0 Å². The fraction of sp³-hybridized carbons (Fsp3) is 0.179. The average molecular weight is 748 g/mol. The molecule has 280 valence electrons. The summed E-state index contributed by atoms with van der Waals surface area (Å²) < 4.78 is 7.06. The molecule has 0 aromatic heterocycles. The predicted molar refractivity (Wildman–Crippen MR) is 239 cm³/mol. The van der Waals surface area contributed by atoms with Crippen LogP contribution in [0.5, 0.6) is 11.5 Å². The molecule has 6 aliphatic rings. The Morgan fingerprint density at radius 1 is 0.552 bits per heavy atom. The maximum absolute atomic E-state index is 7.06. The highest BCUT2D eigenvalue weighted by atomic mass is 16.5. The number of para-hydroxylation sites is 1. The summed E-state index contributed by atoms with van der Waals surface area (Å²) in [5.41, 5.74) is 18.8. The van der Waals surface area contributed by atoms with Crippen LogP contribution in [0, 0.1) is 5.92 Å². The first-order chi connectivity index (χ1) is 28.3. The molecule has 6 aromatic carbocycles. The van der Waals surface area contributed by atoms with Crippen LogP contribution in [0.25, 0.3) is 16.7 Å². The van der Waals surface area contributed by atoms with E-state index in [1.54, 1.807) is 0 Å². The molecule has 1 aliphatic heterocycles. The highest BCUT2D eigenvalue weighted by Gasteiger charge is 2.58. The molecule has 6 aromatic rings. The molecular formula is C56H45NO. The molecule has 12 rings (SSSR count). The first-order valence-electron chi connectivity index (χ1n) is 20.9. The summed E-state index contributed by atoms with van der Waals surface area (Å²) in [5, 5.41) is 0. The molecule has 0 amide bonds. The zero-order chi connectivity index (χ0) is 39.0. The molecule has 5 aliphatic carbocycles. The number of fused-ring (bicyclic) bond motifs is 14. The normalized spacial score (nSPS) is 22.6. The smallest absolute Gasteiger partial charge is 0.134 e. The second-order valence-electron chi connectivity index (χ2n) is 17.9. The van der Waals surface area contributed by atoms with Crippen molar-refractivity contribution in [3.63, 3.8) is 0 Å². The Hall–Kier alpha value is -6.38. The van der Waals surface area contributed by atoms with Crippen molar-refractivity contribution in [2.75, 3.05) is 4.90 Å². The van der Waals surface area contributed by atoms with E-state index >= 15 is 0 Å². The van der Waals surface area contributed by atoms with Crippen molar-refractivity contribution in [2.24, 2.45) is 5.92 Å². The Kier molecular flexibility index (Phi) is 6.88. The molecule has 2 heteroatoms. The van der Waals surface area contributed by atoms with Gasteiger partial charge in [0.15, 0.2) is 0 Å². The number of hydrogen-bond donors (Lipinski definition) is 0. The van der Waals surface area contributed by atoms with Gasteiger partial charge in [-0.1, -0.05) is 161 Å². The first-order valence-corrected chi connectivity index (χ1v) is 20.9. The van der Waals surface area contributed by atoms with Crippen LogP contribution in [0.2, 0.25) is 0 Å². The summed E-state index contributed by atoms with van der Waals surface area (Å²) in [6, 6.07) is 48.1. The number of anilines is 3. The van der Waals surface area contributed by atoms with Gasteiger partial charge in [0.25, 0.3) is 0 Å². The molecule has 0 fully saturated rings. The van der Waals surface area contributed by atoms with Gasteiger partial charge >= 0.3 is 0 Å². The van der Waals surface area contributed by atoms with Gasteiger partial charge in [-0.15, -0.1) is 0 Å². The van der Waals surface area contributed by atoms with Gasteiger partial charge in [0.05, 0.1) is 11.1 Å². The Bertz CT molecular complexity index is 2930. The highest BCUT2D eigenvalue weighted by Crippen LogP contribution is 2.67. The lowest BCUT2D eigenvalue weighted by Gasteiger charge is -2.45. The summed E-state index contributed by atoms with van der Waals surface area (Å²) in [6.45, 7) is 9.56. The molecule has 3 atom stereocenters. The summed E-state index contributed by atoms with van der Waals surface area (Å²) in [7, 11) is 0. The van der Waals surface area contributed by atoms with E-state index in [0.29, 0.717) is 0 Å². The molecule has 2 nitrogen and oxygen atoms in total. The van der Waals surface area contributed by atoms with Crippen LogP contribution < -0.4 is 9.64 Å². The van der Waals surface area contributed by atoms with Crippen LogP contribution in [0.4, 0.5) is 17.1 Å². The van der Waals surface area contributed by atoms with E-state index in [-0.39, 0.29) is 22.7 Å². The minimum atomic E-state index is -0.500. The van der Waals surface area contributed by atoms with Gasteiger partial charge in [-0.3, -0.25) is 0 Å². The fourth-order valence-corrected chi connectivity index (χ4v) is 11.9. The number of rotatable bonds is 3. The van der Waals surface area contributed by atoms with E-state index in [1.807, 2.05) is 0 Å².